The molecule has 0 fully saturated rings. The van der Waals surface area contributed by atoms with E-state index in [0.29, 0.717) is 11.6 Å². The zero-order valence-corrected chi connectivity index (χ0v) is 11.2. The van der Waals surface area contributed by atoms with Gasteiger partial charge in [0.1, 0.15) is 6.04 Å². The molecular formula is C13H13ClN2OS. The Balaban J connectivity index is 2.11. The van der Waals surface area contributed by atoms with Crippen LogP contribution in [0.1, 0.15) is 16.5 Å². The fourth-order valence-electron chi connectivity index (χ4n) is 1.68. The molecule has 3 nitrogen and oxygen atoms in total. The molecule has 0 aliphatic heterocycles. The van der Waals surface area contributed by atoms with Gasteiger partial charge in [0.05, 0.1) is 0 Å². The second-order valence-corrected chi connectivity index (χ2v) is 5.32. The largest absolute Gasteiger partial charge is 0.368 e. The van der Waals surface area contributed by atoms with Gasteiger partial charge in [-0.2, -0.15) is 0 Å². The fourth-order valence-corrected chi connectivity index (χ4v) is 2.54. The number of hydrogen-bond acceptors (Lipinski definition) is 3. The molecule has 0 spiro atoms. The third-order valence-corrected chi connectivity index (χ3v) is 3.64. The summed E-state index contributed by atoms with van der Waals surface area (Å²) in [4.78, 5) is 12.6. The van der Waals surface area contributed by atoms with Crippen LogP contribution in [0.15, 0.2) is 41.8 Å². The standard InChI is InChI=1S/C13H13ClN2OS/c14-10-4-1-3-9(7-10)12(13(15)17)16-8-11-5-2-6-18-11/h1-7,12,16H,8H2,(H2,15,17). The number of rotatable bonds is 5. The van der Waals surface area contributed by atoms with E-state index in [2.05, 4.69) is 5.32 Å². The van der Waals surface area contributed by atoms with Crippen LogP contribution in [0.2, 0.25) is 5.02 Å². The molecule has 0 radical (unpaired) electrons. The smallest absolute Gasteiger partial charge is 0.239 e. The van der Waals surface area contributed by atoms with Gasteiger partial charge in [0, 0.05) is 16.4 Å². The van der Waals surface area contributed by atoms with Crippen molar-refractivity contribution in [3.63, 3.8) is 0 Å². The molecule has 1 atom stereocenters. The summed E-state index contributed by atoms with van der Waals surface area (Å²) >= 11 is 7.55. The van der Waals surface area contributed by atoms with Crippen LogP contribution in [0.3, 0.4) is 0 Å². The molecule has 1 unspecified atom stereocenters. The lowest BCUT2D eigenvalue weighted by molar-refractivity contribution is -0.120. The second-order valence-electron chi connectivity index (χ2n) is 3.85. The number of benzene rings is 1. The molecule has 5 heteroatoms. The van der Waals surface area contributed by atoms with Crippen molar-refractivity contribution in [1.82, 2.24) is 5.32 Å². The number of nitrogens with two attached hydrogens (primary N) is 1. The van der Waals surface area contributed by atoms with E-state index in [-0.39, 0.29) is 0 Å². The van der Waals surface area contributed by atoms with Gasteiger partial charge in [0.2, 0.25) is 5.91 Å². The first-order chi connectivity index (χ1) is 8.66. The average Bonchev–Trinajstić information content (AvgIpc) is 2.82. The number of hydrogen-bond donors (Lipinski definition) is 2. The number of carbonyl (C=O) groups is 1. The third kappa shape index (κ3) is 3.32. The van der Waals surface area contributed by atoms with Gasteiger partial charge in [-0.25, -0.2) is 0 Å². The number of halogens is 1. The third-order valence-electron chi connectivity index (χ3n) is 2.53. The number of thiophene rings is 1. The maximum atomic E-state index is 11.5. The van der Waals surface area contributed by atoms with Crippen molar-refractivity contribution in [2.75, 3.05) is 0 Å². The van der Waals surface area contributed by atoms with Crippen molar-refractivity contribution in [2.45, 2.75) is 12.6 Å². The highest BCUT2D eigenvalue weighted by Gasteiger charge is 2.17. The number of carbonyl (C=O) groups excluding carboxylic acids is 1. The lowest BCUT2D eigenvalue weighted by atomic mass is 10.1. The summed E-state index contributed by atoms with van der Waals surface area (Å²) in [6.45, 7) is 0.609. The average molecular weight is 281 g/mol. The van der Waals surface area contributed by atoms with Crippen LogP contribution in [0.5, 0.6) is 0 Å². The van der Waals surface area contributed by atoms with E-state index in [1.807, 2.05) is 23.6 Å². The van der Waals surface area contributed by atoms with E-state index in [1.165, 1.54) is 0 Å². The van der Waals surface area contributed by atoms with Crippen LogP contribution >= 0.6 is 22.9 Å². The number of primary amides is 1. The molecule has 1 heterocycles. The minimum absolute atomic E-state index is 0.408. The lowest BCUT2D eigenvalue weighted by Crippen LogP contribution is -2.33. The maximum absolute atomic E-state index is 11.5. The van der Waals surface area contributed by atoms with Crippen LogP contribution in [0, 0.1) is 0 Å². The summed E-state index contributed by atoms with van der Waals surface area (Å²) in [6, 6.07) is 10.6. The molecule has 1 aromatic heterocycles. The van der Waals surface area contributed by atoms with Gasteiger partial charge in [0.25, 0.3) is 0 Å². The predicted octanol–water partition coefficient (Wildman–Crippen LogP) is 2.72. The molecule has 18 heavy (non-hydrogen) atoms. The zero-order chi connectivity index (χ0) is 13.0. The van der Waals surface area contributed by atoms with E-state index in [0.717, 1.165) is 10.4 Å². The highest BCUT2D eigenvalue weighted by Crippen LogP contribution is 2.19. The van der Waals surface area contributed by atoms with E-state index < -0.39 is 11.9 Å². The number of amides is 1. The van der Waals surface area contributed by atoms with Crippen molar-refractivity contribution in [2.24, 2.45) is 5.73 Å². The van der Waals surface area contributed by atoms with Crippen LogP contribution < -0.4 is 11.1 Å². The van der Waals surface area contributed by atoms with Crippen molar-refractivity contribution in [3.8, 4) is 0 Å². The second kappa shape index (κ2) is 6.00. The SMILES string of the molecule is NC(=O)C(NCc1cccs1)c1cccc(Cl)c1. The first-order valence-corrected chi connectivity index (χ1v) is 6.73. The Bertz CT molecular complexity index is 528. The molecule has 3 N–H and O–H groups in total. The van der Waals surface area contributed by atoms with E-state index >= 15 is 0 Å². The highest BCUT2D eigenvalue weighted by atomic mass is 35.5. The van der Waals surface area contributed by atoms with E-state index in [1.54, 1.807) is 29.5 Å². The fraction of sp³-hybridized carbons (Fsp3) is 0.154. The molecule has 2 rings (SSSR count). The molecule has 94 valence electrons. The molecule has 0 saturated carbocycles. The summed E-state index contributed by atoms with van der Waals surface area (Å²) in [5, 5.41) is 5.73. The van der Waals surface area contributed by atoms with Gasteiger partial charge in [-0.15, -0.1) is 11.3 Å². The van der Waals surface area contributed by atoms with Gasteiger partial charge in [0.15, 0.2) is 0 Å². The summed E-state index contributed by atoms with van der Waals surface area (Å²) in [6.07, 6.45) is 0. The summed E-state index contributed by atoms with van der Waals surface area (Å²) in [5.41, 5.74) is 6.20. The van der Waals surface area contributed by atoms with E-state index in [4.69, 9.17) is 17.3 Å². The summed E-state index contributed by atoms with van der Waals surface area (Å²) in [5.74, 6) is -0.408. The Labute approximate surface area is 115 Å². The molecule has 1 amide bonds. The Morgan fingerprint density at radius 1 is 1.39 bits per heavy atom. The topological polar surface area (TPSA) is 55.1 Å². The first-order valence-electron chi connectivity index (χ1n) is 5.47. The van der Waals surface area contributed by atoms with Gasteiger partial charge in [-0.3, -0.25) is 10.1 Å². The van der Waals surface area contributed by atoms with Gasteiger partial charge >= 0.3 is 0 Å². The Hall–Kier alpha value is -1.36. The van der Waals surface area contributed by atoms with Crippen molar-refractivity contribution in [3.05, 3.63) is 57.2 Å². The van der Waals surface area contributed by atoms with Gasteiger partial charge in [-0.05, 0) is 29.1 Å². The molecule has 1 aromatic carbocycles. The Kier molecular flexibility index (Phi) is 4.36. The predicted molar refractivity (Wildman–Crippen MR) is 74.5 cm³/mol. The van der Waals surface area contributed by atoms with Crippen LogP contribution in [0.4, 0.5) is 0 Å². The molecule has 0 aliphatic rings. The van der Waals surface area contributed by atoms with Crippen LogP contribution in [-0.2, 0) is 11.3 Å². The van der Waals surface area contributed by atoms with Gasteiger partial charge in [-0.1, -0.05) is 29.8 Å². The van der Waals surface area contributed by atoms with Crippen LogP contribution in [-0.4, -0.2) is 5.91 Å². The molecule has 0 aliphatic carbocycles. The summed E-state index contributed by atoms with van der Waals surface area (Å²) < 4.78 is 0. The molecule has 0 saturated heterocycles. The minimum atomic E-state index is -0.522. The first kappa shape index (κ1) is 13.1. The highest BCUT2D eigenvalue weighted by molar-refractivity contribution is 7.09. The van der Waals surface area contributed by atoms with Crippen molar-refractivity contribution >= 4 is 28.8 Å². The molecular weight excluding hydrogens is 268 g/mol. The van der Waals surface area contributed by atoms with Gasteiger partial charge < -0.3 is 5.73 Å². The zero-order valence-electron chi connectivity index (χ0n) is 9.60. The molecule has 0 bridgehead atoms. The lowest BCUT2D eigenvalue weighted by Gasteiger charge is -2.15. The van der Waals surface area contributed by atoms with E-state index in [9.17, 15) is 4.79 Å². The monoisotopic (exact) mass is 280 g/mol. The minimum Gasteiger partial charge on any atom is -0.368 e. The normalized spacial score (nSPS) is 12.3. The quantitative estimate of drug-likeness (QED) is 0.885. The Morgan fingerprint density at radius 3 is 2.83 bits per heavy atom. The Morgan fingerprint density at radius 2 is 2.22 bits per heavy atom. The number of nitrogens with one attached hydrogen (secondary N) is 1. The van der Waals surface area contributed by atoms with Crippen LogP contribution in [0.25, 0.3) is 0 Å². The van der Waals surface area contributed by atoms with Crippen molar-refractivity contribution < 1.29 is 4.79 Å². The molecule has 2 aromatic rings. The maximum Gasteiger partial charge on any atom is 0.239 e. The van der Waals surface area contributed by atoms with Crippen molar-refractivity contribution in [1.29, 1.82) is 0 Å². The summed E-state index contributed by atoms with van der Waals surface area (Å²) in [7, 11) is 0.